The summed E-state index contributed by atoms with van der Waals surface area (Å²) in [5.41, 5.74) is 0. The first-order valence-corrected chi connectivity index (χ1v) is 10.5. The van der Waals surface area contributed by atoms with Crippen molar-refractivity contribution in [3.8, 4) is 0 Å². The van der Waals surface area contributed by atoms with Crippen molar-refractivity contribution in [2.45, 2.75) is 62.9 Å². The zero-order valence-electron chi connectivity index (χ0n) is 16.0. The van der Waals surface area contributed by atoms with E-state index in [2.05, 4.69) is 37.1 Å². The maximum absolute atomic E-state index is 12.5. The SMILES string of the molecule is Cc1cc(NC(=O)[C@H](C)Sc2nnc(N3CCC(C)CC3)n2C2CC2)no1. The van der Waals surface area contributed by atoms with Crippen LogP contribution in [0.5, 0.6) is 0 Å². The Bertz CT molecular complexity index is 807. The molecule has 2 fully saturated rings. The summed E-state index contributed by atoms with van der Waals surface area (Å²) in [5, 5.41) is 16.0. The fourth-order valence-electron chi connectivity index (χ4n) is 3.29. The average Bonchev–Trinajstić information content (AvgIpc) is 3.28. The van der Waals surface area contributed by atoms with Crippen LogP contribution in [0.3, 0.4) is 0 Å². The Morgan fingerprint density at radius 1 is 1.30 bits per heavy atom. The molecule has 2 aliphatic rings. The molecule has 3 heterocycles. The Hall–Kier alpha value is -2.03. The molecule has 9 heteroatoms. The minimum atomic E-state index is -0.307. The predicted octanol–water partition coefficient (Wildman–Crippen LogP) is 3.27. The Labute approximate surface area is 163 Å². The fourth-order valence-corrected chi connectivity index (χ4v) is 4.21. The number of nitrogens with zero attached hydrogens (tertiary/aromatic N) is 5. The highest BCUT2D eigenvalue weighted by atomic mass is 32.2. The van der Waals surface area contributed by atoms with Gasteiger partial charge in [0, 0.05) is 25.2 Å². The van der Waals surface area contributed by atoms with Gasteiger partial charge in [0.2, 0.25) is 11.9 Å². The quantitative estimate of drug-likeness (QED) is 0.757. The van der Waals surface area contributed by atoms with E-state index in [1.165, 1.54) is 24.6 Å². The van der Waals surface area contributed by atoms with E-state index in [-0.39, 0.29) is 11.2 Å². The first-order chi connectivity index (χ1) is 13.0. The Morgan fingerprint density at radius 3 is 2.67 bits per heavy atom. The van der Waals surface area contributed by atoms with E-state index in [0.717, 1.165) is 43.0 Å². The highest BCUT2D eigenvalue weighted by Gasteiger charge is 2.33. The Kier molecular flexibility index (Phi) is 5.12. The van der Waals surface area contributed by atoms with Crippen LogP contribution in [0.1, 0.15) is 51.3 Å². The van der Waals surface area contributed by atoms with Gasteiger partial charge in [0.15, 0.2) is 11.0 Å². The second-order valence-electron chi connectivity index (χ2n) is 7.63. The molecule has 1 aliphatic heterocycles. The number of nitrogens with one attached hydrogen (secondary N) is 1. The second kappa shape index (κ2) is 7.53. The fraction of sp³-hybridized carbons (Fsp3) is 0.667. The molecule has 146 valence electrons. The number of piperidine rings is 1. The number of aryl methyl sites for hydroxylation is 1. The van der Waals surface area contributed by atoms with Crippen LogP contribution in [0.2, 0.25) is 0 Å². The molecular weight excluding hydrogens is 364 g/mol. The van der Waals surface area contributed by atoms with Crippen LogP contribution in [0.25, 0.3) is 0 Å². The minimum Gasteiger partial charge on any atom is -0.360 e. The van der Waals surface area contributed by atoms with Gasteiger partial charge in [-0.05, 0) is 45.4 Å². The lowest BCUT2D eigenvalue weighted by molar-refractivity contribution is -0.115. The molecule has 8 nitrogen and oxygen atoms in total. The van der Waals surface area contributed by atoms with Gasteiger partial charge in [-0.25, -0.2) is 0 Å². The van der Waals surface area contributed by atoms with E-state index in [0.29, 0.717) is 17.6 Å². The van der Waals surface area contributed by atoms with Crippen molar-refractivity contribution in [1.29, 1.82) is 0 Å². The highest BCUT2D eigenvalue weighted by Crippen LogP contribution is 2.42. The molecule has 1 N–H and O–H groups in total. The summed E-state index contributed by atoms with van der Waals surface area (Å²) in [5.74, 6) is 2.73. The summed E-state index contributed by atoms with van der Waals surface area (Å²) >= 11 is 1.45. The van der Waals surface area contributed by atoms with E-state index in [4.69, 9.17) is 4.52 Å². The van der Waals surface area contributed by atoms with Gasteiger partial charge in [-0.2, -0.15) is 0 Å². The zero-order valence-corrected chi connectivity index (χ0v) is 16.8. The zero-order chi connectivity index (χ0) is 19.0. The number of hydrogen-bond acceptors (Lipinski definition) is 7. The van der Waals surface area contributed by atoms with Gasteiger partial charge >= 0.3 is 0 Å². The van der Waals surface area contributed by atoms with Crippen LogP contribution in [0.4, 0.5) is 11.8 Å². The van der Waals surface area contributed by atoms with Crippen LogP contribution in [0, 0.1) is 12.8 Å². The van der Waals surface area contributed by atoms with Crippen molar-refractivity contribution >= 4 is 29.4 Å². The molecule has 1 aliphatic carbocycles. The summed E-state index contributed by atoms with van der Waals surface area (Å²) in [4.78, 5) is 14.8. The average molecular weight is 391 g/mol. The van der Waals surface area contributed by atoms with E-state index < -0.39 is 0 Å². The van der Waals surface area contributed by atoms with E-state index in [1.54, 1.807) is 13.0 Å². The third-order valence-corrected chi connectivity index (χ3v) is 6.21. The minimum absolute atomic E-state index is 0.119. The lowest BCUT2D eigenvalue weighted by atomic mass is 10.00. The molecule has 4 rings (SSSR count). The van der Waals surface area contributed by atoms with Gasteiger partial charge in [0.1, 0.15) is 5.76 Å². The molecule has 1 saturated carbocycles. The number of thioether (sulfide) groups is 1. The normalized spacial score (nSPS) is 19.3. The molecule has 1 atom stereocenters. The Balaban J connectivity index is 1.46. The van der Waals surface area contributed by atoms with Crippen LogP contribution in [-0.4, -0.2) is 44.2 Å². The predicted molar refractivity (Wildman–Crippen MR) is 104 cm³/mol. The Morgan fingerprint density at radius 2 is 2.04 bits per heavy atom. The summed E-state index contributed by atoms with van der Waals surface area (Å²) in [7, 11) is 0. The third-order valence-electron chi connectivity index (χ3n) is 5.16. The summed E-state index contributed by atoms with van der Waals surface area (Å²) in [6.07, 6.45) is 4.69. The van der Waals surface area contributed by atoms with Crippen molar-refractivity contribution in [2.24, 2.45) is 5.92 Å². The molecule has 27 heavy (non-hydrogen) atoms. The molecule has 0 radical (unpaired) electrons. The first kappa shape index (κ1) is 18.3. The monoisotopic (exact) mass is 390 g/mol. The molecule has 0 unspecified atom stereocenters. The second-order valence-corrected chi connectivity index (χ2v) is 8.93. The molecule has 0 spiro atoms. The van der Waals surface area contributed by atoms with Gasteiger partial charge in [0.25, 0.3) is 0 Å². The molecule has 1 saturated heterocycles. The van der Waals surface area contributed by atoms with Gasteiger partial charge in [-0.15, -0.1) is 10.2 Å². The molecule has 2 aromatic rings. The van der Waals surface area contributed by atoms with Gasteiger partial charge < -0.3 is 14.7 Å². The smallest absolute Gasteiger partial charge is 0.238 e. The highest BCUT2D eigenvalue weighted by molar-refractivity contribution is 8.00. The van der Waals surface area contributed by atoms with Crippen molar-refractivity contribution in [3.05, 3.63) is 11.8 Å². The molecule has 1 amide bonds. The van der Waals surface area contributed by atoms with E-state index >= 15 is 0 Å². The summed E-state index contributed by atoms with van der Waals surface area (Å²) in [6.45, 7) is 8.03. The molecule has 0 bridgehead atoms. The van der Waals surface area contributed by atoms with Crippen LogP contribution in [0.15, 0.2) is 15.7 Å². The van der Waals surface area contributed by atoms with E-state index in [9.17, 15) is 4.79 Å². The van der Waals surface area contributed by atoms with Crippen molar-refractivity contribution in [1.82, 2.24) is 19.9 Å². The van der Waals surface area contributed by atoms with Crippen molar-refractivity contribution < 1.29 is 9.32 Å². The molecule has 0 aromatic carbocycles. The van der Waals surface area contributed by atoms with Crippen molar-refractivity contribution in [2.75, 3.05) is 23.3 Å². The van der Waals surface area contributed by atoms with Crippen molar-refractivity contribution in [3.63, 3.8) is 0 Å². The maximum Gasteiger partial charge on any atom is 0.238 e. The maximum atomic E-state index is 12.5. The third kappa shape index (κ3) is 4.12. The lowest BCUT2D eigenvalue weighted by Crippen LogP contribution is -2.34. The van der Waals surface area contributed by atoms with Gasteiger partial charge in [0.05, 0.1) is 5.25 Å². The number of carbonyl (C=O) groups excluding carboxylic acids is 1. The number of hydrogen-bond donors (Lipinski definition) is 1. The lowest BCUT2D eigenvalue weighted by Gasteiger charge is -2.31. The number of rotatable bonds is 6. The molecule has 2 aromatic heterocycles. The largest absolute Gasteiger partial charge is 0.360 e. The van der Waals surface area contributed by atoms with Crippen LogP contribution < -0.4 is 10.2 Å². The number of anilines is 2. The standard InChI is InChI=1S/C18H26N6O2S/c1-11-6-8-23(9-7-11)17-20-21-18(24(17)14-4-5-14)27-13(3)16(25)19-15-10-12(2)26-22-15/h10-11,13-14H,4-9H2,1-3H3,(H,19,22,25)/t13-/m0/s1. The van der Waals surface area contributed by atoms with Crippen LogP contribution in [-0.2, 0) is 4.79 Å². The molecular formula is C18H26N6O2S. The first-order valence-electron chi connectivity index (χ1n) is 9.62. The van der Waals surface area contributed by atoms with Gasteiger partial charge in [-0.3, -0.25) is 9.36 Å². The van der Waals surface area contributed by atoms with Crippen LogP contribution >= 0.6 is 11.8 Å². The van der Waals surface area contributed by atoms with E-state index in [1.807, 2.05) is 6.92 Å². The van der Waals surface area contributed by atoms with Gasteiger partial charge in [-0.1, -0.05) is 23.8 Å². The number of carbonyl (C=O) groups is 1. The number of amides is 1. The topological polar surface area (TPSA) is 89.1 Å². The summed E-state index contributed by atoms with van der Waals surface area (Å²) in [6, 6.07) is 2.17. The summed E-state index contributed by atoms with van der Waals surface area (Å²) < 4.78 is 7.24. The number of aromatic nitrogens is 4.